The Morgan fingerprint density at radius 2 is 1.91 bits per heavy atom. The van der Waals surface area contributed by atoms with Crippen LogP contribution >= 0.6 is 11.3 Å². The lowest BCUT2D eigenvalue weighted by molar-refractivity contribution is 0.0531. The number of anilines is 1. The minimum Gasteiger partial charge on any atom is -0.462 e. The number of ether oxygens (including phenoxy) is 1. The number of carbonyl (C=O) groups excluding carboxylic acids is 2. The van der Waals surface area contributed by atoms with Gasteiger partial charge in [-0.05, 0) is 39.2 Å². The second-order valence-electron chi connectivity index (χ2n) is 8.08. The number of rotatable bonds is 10. The SMILES string of the molecule is CCCCCN(C(=O)c1cc(S(=O)(=O)N2CCCC2)cn1C)c1nc(C)c(C(=O)OCC)s1. The van der Waals surface area contributed by atoms with Crippen molar-refractivity contribution in [3.63, 3.8) is 0 Å². The number of unbranched alkanes of at least 4 members (excludes halogenated alkanes) is 2. The average Bonchev–Trinajstić information content (AvgIpc) is 3.51. The monoisotopic (exact) mass is 496 g/mol. The van der Waals surface area contributed by atoms with Crippen LogP contribution < -0.4 is 4.90 Å². The van der Waals surface area contributed by atoms with Gasteiger partial charge in [-0.15, -0.1) is 0 Å². The van der Waals surface area contributed by atoms with Crippen molar-refractivity contribution in [1.29, 1.82) is 0 Å². The van der Waals surface area contributed by atoms with E-state index >= 15 is 0 Å². The highest BCUT2D eigenvalue weighted by Crippen LogP contribution is 2.30. The van der Waals surface area contributed by atoms with Gasteiger partial charge in [0, 0.05) is 32.9 Å². The molecule has 1 aliphatic rings. The van der Waals surface area contributed by atoms with Crippen LogP contribution in [0.25, 0.3) is 0 Å². The number of carbonyl (C=O) groups is 2. The van der Waals surface area contributed by atoms with Gasteiger partial charge in [-0.1, -0.05) is 31.1 Å². The van der Waals surface area contributed by atoms with E-state index in [0.717, 1.165) is 43.4 Å². The van der Waals surface area contributed by atoms with Crippen LogP contribution in [0.15, 0.2) is 17.2 Å². The maximum absolute atomic E-state index is 13.6. The van der Waals surface area contributed by atoms with Gasteiger partial charge in [0.05, 0.1) is 12.3 Å². The van der Waals surface area contributed by atoms with Crippen molar-refractivity contribution in [2.24, 2.45) is 7.05 Å². The lowest BCUT2D eigenvalue weighted by Crippen LogP contribution is -2.33. The van der Waals surface area contributed by atoms with Crippen molar-refractivity contribution in [2.75, 3.05) is 31.1 Å². The standard InChI is InChI=1S/C22H32N4O5S2/c1-5-7-8-13-26(22-23-16(3)19(32-22)21(28)31-6-2)20(27)18-14-17(15-24(18)4)33(29,30)25-11-9-10-12-25/h14-15H,5-13H2,1-4H3. The topological polar surface area (TPSA) is 102 Å². The first-order chi connectivity index (χ1) is 15.7. The van der Waals surface area contributed by atoms with Crippen molar-refractivity contribution in [1.82, 2.24) is 13.9 Å². The molecule has 0 bridgehead atoms. The largest absolute Gasteiger partial charge is 0.462 e. The Hall–Kier alpha value is -2.24. The van der Waals surface area contributed by atoms with Gasteiger partial charge in [-0.2, -0.15) is 4.31 Å². The molecule has 33 heavy (non-hydrogen) atoms. The zero-order chi connectivity index (χ0) is 24.2. The number of aryl methyl sites for hydroxylation is 2. The molecule has 1 amide bonds. The third-order valence-electron chi connectivity index (χ3n) is 5.61. The summed E-state index contributed by atoms with van der Waals surface area (Å²) in [6.07, 6.45) is 5.85. The summed E-state index contributed by atoms with van der Waals surface area (Å²) in [6.45, 7) is 7.19. The average molecular weight is 497 g/mol. The predicted octanol–water partition coefficient (Wildman–Crippen LogP) is 3.59. The molecule has 0 aromatic carbocycles. The van der Waals surface area contributed by atoms with E-state index < -0.39 is 16.0 Å². The molecule has 0 atom stereocenters. The molecule has 1 aliphatic heterocycles. The fourth-order valence-electron chi connectivity index (χ4n) is 3.79. The second-order valence-corrected chi connectivity index (χ2v) is 11.0. The molecule has 0 N–H and O–H groups in total. The Labute approximate surface area is 199 Å². The maximum atomic E-state index is 13.6. The van der Waals surface area contributed by atoms with E-state index in [2.05, 4.69) is 11.9 Å². The summed E-state index contributed by atoms with van der Waals surface area (Å²) in [4.78, 5) is 32.3. The molecular weight excluding hydrogens is 464 g/mol. The Kier molecular flexibility index (Phi) is 8.30. The second kappa shape index (κ2) is 10.8. The molecule has 9 nitrogen and oxygen atoms in total. The molecule has 2 aromatic heterocycles. The van der Waals surface area contributed by atoms with Crippen LogP contribution in [-0.4, -0.2) is 60.4 Å². The summed E-state index contributed by atoms with van der Waals surface area (Å²) < 4.78 is 34.1. The third kappa shape index (κ3) is 5.47. The lowest BCUT2D eigenvalue weighted by atomic mass is 10.2. The molecule has 0 aliphatic carbocycles. The fraction of sp³-hybridized carbons (Fsp3) is 0.591. The van der Waals surface area contributed by atoms with E-state index in [9.17, 15) is 18.0 Å². The molecular formula is C22H32N4O5S2. The van der Waals surface area contributed by atoms with E-state index in [-0.39, 0.29) is 23.1 Å². The molecule has 11 heteroatoms. The fourth-order valence-corrected chi connectivity index (χ4v) is 6.37. The van der Waals surface area contributed by atoms with Crippen molar-refractivity contribution in [3.8, 4) is 0 Å². The number of sulfonamides is 1. The minimum absolute atomic E-state index is 0.117. The molecule has 1 saturated heterocycles. The molecule has 182 valence electrons. The molecule has 0 spiro atoms. The van der Waals surface area contributed by atoms with Gasteiger partial charge in [0.25, 0.3) is 5.91 Å². The molecule has 1 fully saturated rings. The number of esters is 1. The number of thiazole rings is 1. The van der Waals surface area contributed by atoms with Crippen molar-refractivity contribution in [3.05, 3.63) is 28.5 Å². The maximum Gasteiger partial charge on any atom is 0.350 e. The Balaban J connectivity index is 1.94. The van der Waals surface area contributed by atoms with Crippen molar-refractivity contribution in [2.45, 2.75) is 57.8 Å². The van der Waals surface area contributed by atoms with Crippen LogP contribution in [0.1, 0.15) is 71.8 Å². The van der Waals surface area contributed by atoms with Crippen LogP contribution in [0.4, 0.5) is 5.13 Å². The number of amides is 1. The molecule has 0 radical (unpaired) electrons. The van der Waals surface area contributed by atoms with E-state index in [1.807, 2.05) is 0 Å². The Morgan fingerprint density at radius 3 is 2.55 bits per heavy atom. The van der Waals surface area contributed by atoms with Gasteiger partial charge in [-0.3, -0.25) is 9.69 Å². The number of nitrogens with zero attached hydrogens (tertiary/aromatic N) is 4. The normalized spacial score (nSPS) is 14.5. The summed E-state index contributed by atoms with van der Waals surface area (Å²) in [5.41, 5.74) is 0.765. The number of hydrogen-bond donors (Lipinski definition) is 0. The van der Waals surface area contributed by atoms with E-state index in [1.54, 1.807) is 25.5 Å². The van der Waals surface area contributed by atoms with Crippen LogP contribution in [0.2, 0.25) is 0 Å². The molecule has 0 saturated carbocycles. The zero-order valence-corrected chi connectivity index (χ0v) is 21.3. The Morgan fingerprint density at radius 1 is 1.21 bits per heavy atom. The highest BCUT2D eigenvalue weighted by Gasteiger charge is 2.31. The molecule has 2 aromatic rings. The van der Waals surface area contributed by atoms with Gasteiger partial charge in [0.15, 0.2) is 5.13 Å². The minimum atomic E-state index is -3.64. The first kappa shape index (κ1) is 25.4. The molecule has 0 unspecified atom stereocenters. The van der Waals surface area contributed by atoms with E-state index in [0.29, 0.717) is 35.3 Å². The number of aromatic nitrogens is 2. The number of hydrogen-bond acceptors (Lipinski definition) is 7. The molecule has 3 heterocycles. The summed E-state index contributed by atoms with van der Waals surface area (Å²) in [6, 6.07) is 1.44. The smallest absolute Gasteiger partial charge is 0.350 e. The van der Waals surface area contributed by atoms with Crippen LogP contribution in [-0.2, 0) is 21.8 Å². The lowest BCUT2D eigenvalue weighted by Gasteiger charge is -2.20. The van der Waals surface area contributed by atoms with Crippen molar-refractivity contribution >= 4 is 38.4 Å². The molecule has 3 rings (SSSR count). The van der Waals surface area contributed by atoms with Gasteiger partial charge < -0.3 is 9.30 Å². The first-order valence-corrected chi connectivity index (χ1v) is 13.6. The van der Waals surface area contributed by atoms with Crippen LogP contribution in [0, 0.1) is 6.92 Å². The summed E-state index contributed by atoms with van der Waals surface area (Å²) in [5, 5.41) is 0.404. The first-order valence-electron chi connectivity index (χ1n) is 11.3. The highest BCUT2D eigenvalue weighted by atomic mass is 32.2. The van der Waals surface area contributed by atoms with Gasteiger partial charge in [0.2, 0.25) is 10.0 Å². The Bertz CT molecular complexity index is 1100. The van der Waals surface area contributed by atoms with Crippen LogP contribution in [0.5, 0.6) is 0 Å². The van der Waals surface area contributed by atoms with Crippen molar-refractivity contribution < 1.29 is 22.7 Å². The zero-order valence-electron chi connectivity index (χ0n) is 19.7. The third-order valence-corrected chi connectivity index (χ3v) is 8.63. The van der Waals surface area contributed by atoms with Crippen LogP contribution in [0.3, 0.4) is 0 Å². The quantitative estimate of drug-likeness (QED) is 0.368. The summed E-state index contributed by atoms with van der Waals surface area (Å²) in [5.74, 6) is -0.807. The van der Waals surface area contributed by atoms with Gasteiger partial charge in [0.1, 0.15) is 15.5 Å². The van der Waals surface area contributed by atoms with Gasteiger partial charge >= 0.3 is 5.97 Å². The van der Waals surface area contributed by atoms with E-state index in [1.165, 1.54) is 21.5 Å². The highest BCUT2D eigenvalue weighted by molar-refractivity contribution is 7.89. The predicted molar refractivity (Wildman–Crippen MR) is 127 cm³/mol. The van der Waals surface area contributed by atoms with E-state index in [4.69, 9.17) is 4.74 Å². The summed E-state index contributed by atoms with van der Waals surface area (Å²) in [7, 11) is -1.97. The van der Waals surface area contributed by atoms with Gasteiger partial charge in [-0.25, -0.2) is 18.2 Å². The summed E-state index contributed by atoms with van der Waals surface area (Å²) >= 11 is 1.12.